The Labute approximate surface area is 215 Å². The van der Waals surface area contributed by atoms with Crippen molar-refractivity contribution in [3.8, 4) is 5.75 Å². The van der Waals surface area contributed by atoms with Gasteiger partial charge in [-0.05, 0) is 47.5 Å². The number of rotatable bonds is 6. The van der Waals surface area contributed by atoms with E-state index in [-0.39, 0.29) is 5.91 Å². The fourth-order valence-electron chi connectivity index (χ4n) is 3.89. The van der Waals surface area contributed by atoms with E-state index < -0.39 is 11.7 Å². The Morgan fingerprint density at radius 3 is 2.31 bits per heavy atom. The number of carbonyl (C=O) groups excluding carboxylic acids is 1. The fourth-order valence-corrected chi connectivity index (χ4v) is 4.62. The van der Waals surface area contributed by atoms with Gasteiger partial charge in [0.05, 0.1) is 10.6 Å². The van der Waals surface area contributed by atoms with Gasteiger partial charge in [-0.1, -0.05) is 57.9 Å². The third kappa shape index (κ3) is 6.78. The third-order valence-corrected chi connectivity index (χ3v) is 6.60. The van der Waals surface area contributed by atoms with Gasteiger partial charge < -0.3 is 9.64 Å². The standard InChI is InChI=1S/C26H23BrClF3N2O2/c27-22-8-9-24(23(28)15-22)35-17-18-4-6-20(7-5-18)25(34)33-12-10-32(11-13-33)16-19-2-1-3-21(14-19)26(29,30)31/h1-9,14-15H,10-13,16-17H2. The number of alkyl halides is 3. The minimum atomic E-state index is -4.35. The van der Waals surface area contributed by atoms with Gasteiger partial charge in [0, 0.05) is 42.8 Å². The first-order chi connectivity index (χ1) is 16.7. The van der Waals surface area contributed by atoms with Gasteiger partial charge in [-0.2, -0.15) is 13.2 Å². The summed E-state index contributed by atoms with van der Waals surface area (Å²) in [5, 5.41) is 0.512. The molecule has 3 aromatic carbocycles. The summed E-state index contributed by atoms with van der Waals surface area (Å²) in [6.45, 7) is 2.98. The van der Waals surface area contributed by atoms with Crippen LogP contribution in [0.2, 0.25) is 5.02 Å². The topological polar surface area (TPSA) is 32.8 Å². The molecule has 1 fully saturated rings. The maximum Gasteiger partial charge on any atom is 0.416 e. The van der Waals surface area contributed by atoms with Crippen LogP contribution in [0, 0.1) is 0 Å². The Morgan fingerprint density at radius 2 is 1.66 bits per heavy atom. The highest BCUT2D eigenvalue weighted by molar-refractivity contribution is 9.10. The summed E-state index contributed by atoms with van der Waals surface area (Å²) in [4.78, 5) is 16.8. The van der Waals surface area contributed by atoms with Gasteiger partial charge in [-0.15, -0.1) is 0 Å². The van der Waals surface area contributed by atoms with Crippen LogP contribution in [0.25, 0.3) is 0 Å². The summed E-state index contributed by atoms with van der Waals surface area (Å²) >= 11 is 9.53. The molecular weight excluding hydrogens is 545 g/mol. The van der Waals surface area contributed by atoms with Crippen molar-refractivity contribution in [2.45, 2.75) is 19.3 Å². The Bertz CT molecular complexity index is 1180. The highest BCUT2D eigenvalue weighted by atomic mass is 79.9. The van der Waals surface area contributed by atoms with Crippen LogP contribution in [0.1, 0.15) is 27.0 Å². The first kappa shape index (κ1) is 25.5. The molecule has 0 atom stereocenters. The van der Waals surface area contributed by atoms with Gasteiger partial charge in [0.25, 0.3) is 5.91 Å². The number of benzene rings is 3. The van der Waals surface area contributed by atoms with Crippen LogP contribution in [0.5, 0.6) is 5.75 Å². The van der Waals surface area contributed by atoms with Crippen LogP contribution in [0.15, 0.2) is 71.2 Å². The van der Waals surface area contributed by atoms with Crippen LogP contribution >= 0.6 is 27.5 Å². The summed E-state index contributed by atoms with van der Waals surface area (Å²) in [5.41, 5.74) is 1.47. The number of hydrogen-bond donors (Lipinski definition) is 0. The summed E-state index contributed by atoms with van der Waals surface area (Å²) in [6.07, 6.45) is -4.35. The van der Waals surface area contributed by atoms with Gasteiger partial charge in [-0.25, -0.2) is 0 Å². The molecule has 1 saturated heterocycles. The summed E-state index contributed by atoms with van der Waals surface area (Å²) in [5.74, 6) is 0.519. The molecule has 1 heterocycles. The maximum atomic E-state index is 13.0. The van der Waals surface area contributed by atoms with Crippen LogP contribution in [0.3, 0.4) is 0 Å². The Balaban J connectivity index is 1.28. The number of amides is 1. The highest BCUT2D eigenvalue weighted by Crippen LogP contribution is 2.30. The van der Waals surface area contributed by atoms with E-state index in [9.17, 15) is 18.0 Å². The molecule has 1 aliphatic heterocycles. The molecule has 0 saturated carbocycles. The average molecular weight is 568 g/mol. The monoisotopic (exact) mass is 566 g/mol. The van der Waals surface area contributed by atoms with Crippen LogP contribution in [-0.2, 0) is 19.3 Å². The molecule has 0 N–H and O–H groups in total. The molecule has 4 nitrogen and oxygen atoms in total. The Morgan fingerprint density at radius 1 is 0.943 bits per heavy atom. The number of halogens is 5. The zero-order valence-corrected chi connectivity index (χ0v) is 21.0. The average Bonchev–Trinajstić information content (AvgIpc) is 2.84. The van der Waals surface area contributed by atoms with Crippen molar-refractivity contribution >= 4 is 33.4 Å². The van der Waals surface area contributed by atoms with Crippen LogP contribution in [-0.4, -0.2) is 41.9 Å². The molecule has 0 spiro atoms. The number of piperazine rings is 1. The number of nitrogens with zero attached hydrogens (tertiary/aromatic N) is 2. The molecule has 0 bridgehead atoms. The minimum Gasteiger partial charge on any atom is -0.487 e. The molecule has 9 heteroatoms. The predicted molar refractivity (Wildman–Crippen MR) is 133 cm³/mol. The van der Waals surface area contributed by atoms with Crippen molar-refractivity contribution in [1.82, 2.24) is 9.80 Å². The van der Waals surface area contributed by atoms with Crippen molar-refractivity contribution < 1.29 is 22.7 Å². The first-order valence-electron chi connectivity index (χ1n) is 11.0. The molecule has 4 rings (SSSR count). The van der Waals surface area contributed by atoms with Crippen molar-refractivity contribution in [2.75, 3.05) is 26.2 Å². The summed E-state index contributed by atoms with van der Waals surface area (Å²) in [6, 6.07) is 18.0. The molecule has 184 valence electrons. The second-order valence-electron chi connectivity index (χ2n) is 8.33. The minimum absolute atomic E-state index is 0.0628. The fraction of sp³-hybridized carbons (Fsp3) is 0.269. The van der Waals surface area contributed by atoms with E-state index in [1.807, 2.05) is 18.2 Å². The van der Waals surface area contributed by atoms with E-state index in [1.165, 1.54) is 12.1 Å². The van der Waals surface area contributed by atoms with E-state index in [2.05, 4.69) is 20.8 Å². The molecule has 0 radical (unpaired) electrons. The van der Waals surface area contributed by atoms with E-state index in [4.69, 9.17) is 16.3 Å². The van der Waals surface area contributed by atoms with Gasteiger partial charge >= 0.3 is 6.18 Å². The van der Waals surface area contributed by atoms with Gasteiger partial charge in [0.1, 0.15) is 12.4 Å². The van der Waals surface area contributed by atoms with E-state index >= 15 is 0 Å². The number of carbonyl (C=O) groups is 1. The maximum absolute atomic E-state index is 13.0. The highest BCUT2D eigenvalue weighted by Gasteiger charge is 2.30. The number of hydrogen-bond acceptors (Lipinski definition) is 3. The van der Waals surface area contributed by atoms with Crippen LogP contribution < -0.4 is 4.74 Å². The van der Waals surface area contributed by atoms with Crippen LogP contribution in [0.4, 0.5) is 13.2 Å². The van der Waals surface area contributed by atoms with Gasteiger partial charge in [-0.3, -0.25) is 9.69 Å². The molecule has 0 aromatic heterocycles. The second kappa shape index (κ2) is 11.0. The largest absolute Gasteiger partial charge is 0.487 e. The molecule has 35 heavy (non-hydrogen) atoms. The molecule has 3 aromatic rings. The first-order valence-corrected chi connectivity index (χ1v) is 12.2. The molecular formula is C26H23BrClF3N2O2. The van der Waals surface area contributed by atoms with Crippen molar-refractivity contribution in [3.05, 3.63) is 98.5 Å². The van der Waals surface area contributed by atoms with Gasteiger partial charge in [0.15, 0.2) is 0 Å². The number of ether oxygens (including phenoxy) is 1. The molecule has 1 aliphatic rings. The van der Waals surface area contributed by atoms with E-state index in [0.29, 0.717) is 61.2 Å². The molecule has 0 aliphatic carbocycles. The lowest BCUT2D eigenvalue weighted by Crippen LogP contribution is -2.48. The zero-order chi connectivity index (χ0) is 25.0. The second-order valence-corrected chi connectivity index (χ2v) is 9.65. The van der Waals surface area contributed by atoms with Crippen molar-refractivity contribution in [2.24, 2.45) is 0 Å². The zero-order valence-electron chi connectivity index (χ0n) is 18.7. The third-order valence-electron chi connectivity index (χ3n) is 5.81. The van der Waals surface area contributed by atoms with E-state index in [1.54, 1.807) is 35.2 Å². The Hall–Kier alpha value is -2.55. The normalized spacial score (nSPS) is 14.7. The molecule has 0 unspecified atom stereocenters. The SMILES string of the molecule is O=C(c1ccc(COc2ccc(Br)cc2Cl)cc1)N1CCN(Cc2cccc(C(F)(F)F)c2)CC1. The smallest absolute Gasteiger partial charge is 0.416 e. The quantitative estimate of drug-likeness (QED) is 0.334. The predicted octanol–water partition coefficient (Wildman–Crippen LogP) is 6.66. The van der Waals surface area contributed by atoms with Crippen molar-refractivity contribution in [1.29, 1.82) is 0 Å². The summed E-state index contributed by atoms with van der Waals surface area (Å²) in [7, 11) is 0. The lowest BCUT2D eigenvalue weighted by molar-refractivity contribution is -0.137. The van der Waals surface area contributed by atoms with Gasteiger partial charge in [0.2, 0.25) is 0 Å². The Kier molecular flexibility index (Phi) is 8.04. The molecule has 1 amide bonds. The van der Waals surface area contributed by atoms with Crippen molar-refractivity contribution in [3.63, 3.8) is 0 Å². The van der Waals surface area contributed by atoms with E-state index in [0.717, 1.165) is 16.1 Å². The lowest BCUT2D eigenvalue weighted by atomic mass is 10.1. The summed E-state index contributed by atoms with van der Waals surface area (Å²) < 4.78 is 45.5. The lowest BCUT2D eigenvalue weighted by Gasteiger charge is -2.35.